The number of benzene rings is 1. The van der Waals surface area contributed by atoms with Crippen LogP contribution in [0.25, 0.3) is 11.3 Å². The van der Waals surface area contributed by atoms with Crippen LogP contribution in [0.15, 0.2) is 48.9 Å². The Kier molecular flexibility index (Phi) is 5.82. The maximum Gasteiger partial charge on any atom is 0.252 e. The van der Waals surface area contributed by atoms with Crippen LogP contribution in [0.1, 0.15) is 55.2 Å². The molecule has 0 aliphatic heterocycles. The molecule has 2 N–H and O–H groups in total. The van der Waals surface area contributed by atoms with Gasteiger partial charge in [-0.05, 0) is 69.1 Å². The van der Waals surface area contributed by atoms with Crippen LogP contribution >= 0.6 is 0 Å². The molecule has 0 spiro atoms. The lowest BCUT2D eigenvalue weighted by Crippen LogP contribution is -2.46. The van der Waals surface area contributed by atoms with E-state index in [9.17, 15) is 13.2 Å². The number of fused-ring (bicyclic) bond motifs is 1. The average Bonchev–Trinajstić information content (AvgIpc) is 3.83. The number of aromatic nitrogens is 4. The predicted molar refractivity (Wildman–Crippen MR) is 136 cm³/mol. The highest BCUT2D eigenvalue weighted by atomic mass is 32.2. The molecule has 3 fully saturated rings. The van der Waals surface area contributed by atoms with E-state index in [0.717, 1.165) is 24.8 Å². The van der Waals surface area contributed by atoms with Gasteiger partial charge in [0.15, 0.2) is 5.82 Å². The van der Waals surface area contributed by atoms with Crippen LogP contribution in [-0.2, 0) is 15.6 Å². The molecule has 1 amide bonds. The minimum Gasteiger partial charge on any atom is -0.477 e. The van der Waals surface area contributed by atoms with Crippen molar-refractivity contribution >= 4 is 21.7 Å². The van der Waals surface area contributed by atoms with Gasteiger partial charge in [-0.15, -0.1) is 0 Å². The second-order valence-corrected chi connectivity index (χ2v) is 12.0. The lowest BCUT2D eigenvalue weighted by molar-refractivity contribution is 0.0885. The zero-order valence-electron chi connectivity index (χ0n) is 20.4. The quantitative estimate of drug-likeness (QED) is 0.439. The summed E-state index contributed by atoms with van der Waals surface area (Å²) in [7, 11) is -3.45. The zero-order valence-corrected chi connectivity index (χ0v) is 21.2. The van der Waals surface area contributed by atoms with Crippen molar-refractivity contribution in [3.05, 3.63) is 60.3 Å². The Balaban J connectivity index is 1.22. The van der Waals surface area contributed by atoms with Gasteiger partial charge >= 0.3 is 0 Å². The molecule has 2 heterocycles. The number of hydrogen-bond acceptors (Lipinski definition) is 8. The van der Waals surface area contributed by atoms with E-state index in [2.05, 4.69) is 30.0 Å². The van der Waals surface area contributed by atoms with Gasteiger partial charge in [-0.3, -0.25) is 14.5 Å². The van der Waals surface area contributed by atoms with Gasteiger partial charge in [-0.1, -0.05) is 12.1 Å². The Hall–Kier alpha value is -3.60. The highest BCUT2D eigenvalue weighted by Gasteiger charge is 2.56. The van der Waals surface area contributed by atoms with Crippen molar-refractivity contribution in [2.24, 2.45) is 11.8 Å². The molecule has 1 aromatic carbocycles. The Labute approximate surface area is 215 Å². The summed E-state index contributed by atoms with van der Waals surface area (Å²) in [5, 5.41) is 2.85. The number of rotatable bonds is 9. The number of sulfonamides is 1. The Morgan fingerprint density at radius 1 is 1.08 bits per heavy atom. The van der Waals surface area contributed by atoms with Crippen molar-refractivity contribution in [3.63, 3.8) is 0 Å². The molecule has 0 saturated heterocycles. The van der Waals surface area contributed by atoms with E-state index in [-0.39, 0.29) is 17.0 Å². The molecule has 192 valence electrons. The highest BCUT2D eigenvalue weighted by molar-refractivity contribution is 7.93. The van der Waals surface area contributed by atoms with Gasteiger partial charge in [0.2, 0.25) is 15.9 Å². The third-order valence-corrected chi connectivity index (χ3v) is 9.13. The number of nitrogens with one attached hydrogen (secondary N) is 2. The molecule has 11 heteroatoms. The summed E-state index contributed by atoms with van der Waals surface area (Å²) in [6.45, 7) is 2.38. The van der Waals surface area contributed by atoms with Crippen molar-refractivity contribution in [3.8, 4) is 17.1 Å². The summed E-state index contributed by atoms with van der Waals surface area (Å²) in [6, 6.07) is 8.72. The summed E-state index contributed by atoms with van der Waals surface area (Å²) in [5.74, 6) is 1.96. The summed E-state index contributed by atoms with van der Waals surface area (Å²) in [5.41, 5.74) is 1.25. The standard InChI is InChI=1S/C26H28N6O4S/c1-2-36-23-15-27-14-21(29-23)16-3-5-17(6-4-16)24(33)31-26(12-18-11-19(18)13-26)25-28-10-9-22(30-25)32-37(34,35)20-7-8-20/h3-6,9-10,14-15,18-20H,2,7-8,11-13H2,1H3,(H,31,33)(H,28,30,32). The summed E-state index contributed by atoms with van der Waals surface area (Å²) >= 11 is 0. The molecule has 0 radical (unpaired) electrons. The molecule has 10 nitrogen and oxygen atoms in total. The van der Waals surface area contributed by atoms with E-state index >= 15 is 0 Å². The first-order chi connectivity index (χ1) is 17.8. The lowest BCUT2D eigenvalue weighted by atomic mass is 9.91. The molecule has 2 unspecified atom stereocenters. The van der Waals surface area contributed by atoms with E-state index in [0.29, 0.717) is 54.2 Å². The third-order valence-electron chi connectivity index (χ3n) is 7.28. The van der Waals surface area contributed by atoms with Crippen molar-refractivity contribution < 1.29 is 17.9 Å². The van der Waals surface area contributed by atoms with Crippen molar-refractivity contribution in [1.82, 2.24) is 25.3 Å². The third kappa shape index (κ3) is 4.87. The molecule has 2 aromatic heterocycles. The monoisotopic (exact) mass is 520 g/mol. The van der Waals surface area contributed by atoms with Crippen LogP contribution in [0.3, 0.4) is 0 Å². The van der Waals surface area contributed by atoms with Gasteiger partial charge in [0.1, 0.15) is 11.4 Å². The number of anilines is 1. The Bertz CT molecular complexity index is 1430. The van der Waals surface area contributed by atoms with Gasteiger partial charge < -0.3 is 10.1 Å². The number of amides is 1. The Morgan fingerprint density at radius 2 is 1.84 bits per heavy atom. The van der Waals surface area contributed by atoms with Gasteiger partial charge in [0.05, 0.1) is 29.9 Å². The first-order valence-corrected chi connectivity index (χ1v) is 14.1. The van der Waals surface area contributed by atoms with E-state index in [4.69, 9.17) is 4.74 Å². The van der Waals surface area contributed by atoms with Crippen molar-refractivity contribution in [1.29, 1.82) is 0 Å². The van der Waals surface area contributed by atoms with Gasteiger partial charge in [0.25, 0.3) is 5.91 Å². The minimum atomic E-state index is -3.45. The number of carbonyl (C=O) groups is 1. The van der Waals surface area contributed by atoms with Crippen molar-refractivity contribution in [2.75, 3.05) is 11.3 Å². The minimum absolute atomic E-state index is 0.227. The smallest absolute Gasteiger partial charge is 0.252 e. The fourth-order valence-electron chi connectivity index (χ4n) is 5.17. The average molecular weight is 521 g/mol. The van der Waals surface area contributed by atoms with Crippen LogP contribution < -0.4 is 14.8 Å². The van der Waals surface area contributed by atoms with Crippen LogP contribution in [0, 0.1) is 11.8 Å². The summed E-state index contributed by atoms with van der Waals surface area (Å²) < 4.78 is 32.9. The summed E-state index contributed by atoms with van der Waals surface area (Å²) in [4.78, 5) is 31.0. The van der Waals surface area contributed by atoms with Crippen LogP contribution in [-0.4, -0.2) is 46.1 Å². The first-order valence-electron chi connectivity index (χ1n) is 12.6. The molecular formula is C26H28N6O4S. The number of nitrogens with zero attached hydrogens (tertiary/aromatic N) is 4. The van der Waals surface area contributed by atoms with E-state index in [1.165, 1.54) is 0 Å². The van der Waals surface area contributed by atoms with Crippen LogP contribution in [0.4, 0.5) is 5.82 Å². The normalized spacial score (nSPS) is 24.2. The zero-order chi connectivity index (χ0) is 25.6. The lowest BCUT2D eigenvalue weighted by Gasteiger charge is -2.31. The molecule has 0 bridgehead atoms. The second-order valence-electron chi connectivity index (χ2n) is 10.1. The number of carbonyl (C=O) groups excluding carboxylic acids is 1. The van der Waals surface area contributed by atoms with Crippen molar-refractivity contribution in [2.45, 2.75) is 49.8 Å². The molecule has 3 aromatic rings. The number of ether oxygens (including phenoxy) is 1. The maximum atomic E-state index is 13.4. The van der Waals surface area contributed by atoms with Gasteiger partial charge in [-0.2, -0.15) is 0 Å². The topological polar surface area (TPSA) is 136 Å². The molecule has 3 aliphatic rings. The fourth-order valence-corrected chi connectivity index (χ4v) is 6.50. The highest BCUT2D eigenvalue weighted by Crippen LogP contribution is 2.59. The van der Waals surface area contributed by atoms with Crippen LogP contribution in [0.5, 0.6) is 5.88 Å². The molecule has 3 saturated carbocycles. The largest absolute Gasteiger partial charge is 0.477 e. The fraction of sp³-hybridized carbons (Fsp3) is 0.423. The first kappa shape index (κ1) is 23.8. The van der Waals surface area contributed by atoms with Crippen LogP contribution in [0.2, 0.25) is 0 Å². The van der Waals surface area contributed by atoms with Gasteiger partial charge in [-0.25, -0.2) is 23.4 Å². The van der Waals surface area contributed by atoms with E-state index in [1.54, 1.807) is 36.8 Å². The molecule has 3 aliphatic carbocycles. The summed E-state index contributed by atoms with van der Waals surface area (Å²) in [6.07, 6.45) is 8.72. The molecular weight excluding hydrogens is 492 g/mol. The predicted octanol–water partition coefficient (Wildman–Crippen LogP) is 3.29. The Morgan fingerprint density at radius 3 is 2.54 bits per heavy atom. The molecule has 2 atom stereocenters. The number of hydrogen-bond donors (Lipinski definition) is 2. The SMILES string of the molecule is CCOc1cncc(-c2ccc(C(=O)NC3(c4nccc(NS(=O)(=O)C5CC5)n4)CC4CC4C3)cc2)n1. The molecule has 37 heavy (non-hydrogen) atoms. The molecule has 6 rings (SSSR count). The second kappa shape index (κ2) is 9.05. The maximum absolute atomic E-state index is 13.4. The van der Waals surface area contributed by atoms with E-state index < -0.39 is 15.6 Å². The van der Waals surface area contributed by atoms with E-state index in [1.807, 2.05) is 19.1 Å². The van der Waals surface area contributed by atoms with Gasteiger partial charge in [0, 0.05) is 17.3 Å².